The smallest absolute Gasteiger partial charge is 0.215 e. The molecule has 0 saturated carbocycles. The Kier molecular flexibility index (Phi) is 5.85. The summed E-state index contributed by atoms with van der Waals surface area (Å²) in [6.45, 7) is 8.17. The minimum Gasteiger partial charge on any atom is -0.378 e. The molecule has 1 saturated heterocycles. The minimum atomic E-state index is -3.21. The SMILES string of the molecule is CCNCC(C)S(=O)(=O)NCC1CCOC1C. The van der Waals surface area contributed by atoms with Crippen LogP contribution in [-0.2, 0) is 14.8 Å². The van der Waals surface area contributed by atoms with E-state index in [2.05, 4.69) is 10.0 Å². The van der Waals surface area contributed by atoms with Crippen LogP contribution in [0.4, 0.5) is 0 Å². The van der Waals surface area contributed by atoms with Gasteiger partial charge in [-0.15, -0.1) is 0 Å². The lowest BCUT2D eigenvalue weighted by atomic mass is 10.0. The second kappa shape index (κ2) is 6.68. The zero-order valence-corrected chi connectivity index (χ0v) is 11.7. The number of ether oxygens (including phenoxy) is 1. The van der Waals surface area contributed by atoms with Gasteiger partial charge in [-0.2, -0.15) is 0 Å². The van der Waals surface area contributed by atoms with Crippen molar-refractivity contribution < 1.29 is 13.2 Å². The van der Waals surface area contributed by atoms with Crippen molar-refractivity contribution in [1.29, 1.82) is 0 Å². The molecule has 0 amide bonds. The molecule has 1 rings (SSSR count). The second-order valence-electron chi connectivity index (χ2n) is 4.64. The predicted octanol–water partition coefficient (Wildman–Crippen LogP) is 0.329. The standard InChI is InChI=1S/C11H24N2O3S/c1-4-12-7-9(2)17(14,15)13-8-11-5-6-16-10(11)3/h9-13H,4-8H2,1-3H3. The summed E-state index contributed by atoms with van der Waals surface area (Å²) in [6, 6.07) is 0. The van der Waals surface area contributed by atoms with Gasteiger partial charge < -0.3 is 10.1 Å². The van der Waals surface area contributed by atoms with Gasteiger partial charge in [-0.25, -0.2) is 13.1 Å². The maximum Gasteiger partial charge on any atom is 0.215 e. The van der Waals surface area contributed by atoms with E-state index in [1.165, 1.54) is 0 Å². The fourth-order valence-electron chi connectivity index (χ4n) is 1.87. The first kappa shape index (κ1) is 14.9. The lowest BCUT2D eigenvalue weighted by Gasteiger charge is -2.18. The van der Waals surface area contributed by atoms with E-state index in [0.717, 1.165) is 19.6 Å². The van der Waals surface area contributed by atoms with Gasteiger partial charge in [-0.05, 0) is 26.8 Å². The third-order valence-corrected chi connectivity index (χ3v) is 5.09. The van der Waals surface area contributed by atoms with E-state index < -0.39 is 15.3 Å². The van der Waals surface area contributed by atoms with E-state index in [-0.39, 0.29) is 6.10 Å². The summed E-state index contributed by atoms with van der Waals surface area (Å²) >= 11 is 0. The number of rotatable bonds is 7. The molecule has 3 unspecified atom stereocenters. The lowest BCUT2D eigenvalue weighted by Crippen LogP contribution is -2.41. The monoisotopic (exact) mass is 264 g/mol. The van der Waals surface area contributed by atoms with Crippen molar-refractivity contribution in [3.05, 3.63) is 0 Å². The van der Waals surface area contributed by atoms with E-state index in [4.69, 9.17) is 4.74 Å². The van der Waals surface area contributed by atoms with Gasteiger partial charge in [0.2, 0.25) is 10.0 Å². The highest BCUT2D eigenvalue weighted by atomic mass is 32.2. The van der Waals surface area contributed by atoms with E-state index in [1.807, 2.05) is 13.8 Å². The summed E-state index contributed by atoms with van der Waals surface area (Å²) < 4.78 is 31.9. The van der Waals surface area contributed by atoms with E-state index in [9.17, 15) is 8.42 Å². The topological polar surface area (TPSA) is 67.4 Å². The lowest BCUT2D eigenvalue weighted by molar-refractivity contribution is 0.107. The number of hydrogen-bond acceptors (Lipinski definition) is 4. The first-order chi connectivity index (χ1) is 7.97. The fraction of sp³-hybridized carbons (Fsp3) is 1.00. The molecule has 0 aromatic carbocycles. The van der Waals surface area contributed by atoms with Crippen molar-refractivity contribution in [3.8, 4) is 0 Å². The first-order valence-electron chi connectivity index (χ1n) is 6.28. The van der Waals surface area contributed by atoms with Crippen LogP contribution >= 0.6 is 0 Å². The summed E-state index contributed by atoms with van der Waals surface area (Å²) in [5.74, 6) is 0.302. The van der Waals surface area contributed by atoms with E-state index in [0.29, 0.717) is 19.0 Å². The second-order valence-corrected chi connectivity index (χ2v) is 6.82. The molecule has 1 aliphatic rings. The van der Waals surface area contributed by atoms with Gasteiger partial charge in [0, 0.05) is 25.6 Å². The molecule has 6 heteroatoms. The average Bonchev–Trinajstić information content (AvgIpc) is 2.69. The van der Waals surface area contributed by atoms with Crippen LogP contribution in [0.1, 0.15) is 27.2 Å². The molecular formula is C11H24N2O3S. The van der Waals surface area contributed by atoms with Crippen LogP contribution in [0, 0.1) is 5.92 Å². The third-order valence-electron chi connectivity index (χ3n) is 3.29. The number of hydrogen-bond donors (Lipinski definition) is 2. The minimum absolute atomic E-state index is 0.154. The average molecular weight is 264 g/mol. The van der Waals surface area contributed by atoms with Crippen LogP contribution in [0.25, 0.3) is 0 Å². The van der Waals surface area contributed by atoms with Gasteiger partial charge in [-0.3, -0.25) is 0 Å². The molecule has 3 atom stereocenters. The van der Waals surface area contributed by atoms with Crippen LogP contribution < -0.4 is 10.0 Å². The zero-order valence-electron chi connectivity index (χ0n) is 10.9. The van der Waals surface area contributed by atoms with Gasteiger partial charge in [-0.1, -0.05) is 6.92 Å². The van der Waals surface area contributed by atoms with Gasteiger partial charge in [0.25, 0.3) is 0 Å². The van der Waals surface area contributed by atoms with E-state index >= 15 is 0 Å². The van der Waals surface area contributed by atoms with Crippen LogP contribution in [0.15, 0.2) is 0 Å². The van der Waals surface area contributed by atoms with Gasteiger partial charge in [0.1, 0.15) is 0 Å². The number of sulfonamides is 1. The van der Waals surface area contributed by atoms with Crippen LogP contribution in [0.5, 0.6) is 0 Å². The largest absolute Gasteiger partial charge is 0.378 e. The van der Waals surface area contributed by atoms with Crippen molar-refractivity contribution in [2.24, 2.45) is 5.92 Å². The molecule has 0 aliphatic carbocycles. The Morgan fingerprint density at radius 3 is 2.71 bits per heavy atom. The molecule has 0 radical (unpaired) electrons. The highest BCUT2D eigenvalue weighted by Gasteiger charge is 2.27. The molecule has 17 heavy (non-hydrogen) atoms. The first-order valence-corrected chi connectivity index (χ1v) is 7.82. The molecule has 5 nitrogen and oxygen atoms in total. The summed E-state index contributed by atoms with van der Waals surface area (Å²) in [7, 11) is -3.21. The molecule has 1 heterocycles. The molecule has 1 aliphatic heterocycles. The quantitative estimate of drug-likeness (QED) is 0.695. The third kappa shape index (κ3) is 4.54. The predicted molar refractivity (Wildman–Crippen MR) is 68.4 cm³/mol. The normalized spacial score (nSPS) is 27.2. The Labute approximate surface area is 104 Å². The number of nitrogens with one attached hydrogen (secondary N) is 2. The summed E-state index contributed by atoms with van der Waals surface area (Å²) in [6.07, 6.45) is 1.09. The van der Waals surface area contributed by atoms with E-state index in [1.54, 1.807) is 6.92 Å². The molecule has 1 fully saturated rings. The van der Waals surface area contributed by atoms with Crippen LogP contribution in [0.3, 0.4) is 0 Å². The maximum atomic E-state index is 11.9. The molecule has 0 spiro atoms. The van der Waals surface area contributed by atoms with Crippen molar-refractivity contribution >= 4 is 10.0 Å². The van der Waals surface area contributed by atoms with Gasteiger partial charge >= 0.3 is 0 Å². The Morgan fingerprint density at radius 1 is 1.47 bits per heavy atom. The fourth-order valence-corrected chi connectivity index (χ4v) is 2.94. The maximum absolute atomic E-state index is 11.9. The Bertz CT molecular complexity index is 319. The van der Waals surface area contributed by atoms with Crippen LogP contribution in [0.2, 0.25) is 0 Å². The molecule has 0 aromatic heterocycles. The summed E-state index contributed by atoms with van der Waals surface area (Å²) in [4.78, 5) is 0. The Morgan fingerprint density at radius 2 is 2.18 bits per heavy atom. The Balaban J connectivity index is 2.38. The molecule has 0 aromatic rings. The molecule has 102 valence electrons. The van der Waals surface area contributed by atoms with Gasteiger partial charge in [0.15, 0.2) is 0 Å². The van der Waals surface area contributed by atoms with Crippen molar-refractivity contribution in [1.82, 2.24) is 10.0 Å². The zero-order chi connectivity index (χ0) is 12.9. The summed E-state index contributed by atoms with van der Waals surface area (Å²) in [5.41, 5.74) is 0. The molecule has 0 bridgehead atoms. The van der Waals surface area contributed by atoms with Gasteiger partial charge in [0.05, 0.1) is 11.4 Å². The van der Waals surface area contributed by atoms with Crippen molar-refractivity contribution in [2.45, 2.75) is 38.5 Å². The molecular weight excluding hydrogens is 240 g/mol. The highest BCUT2D eigenvalue weighted by Crippen LogP contribution is 2.19. The van der Waals surface area contributed by atoms with Crippen molar-refractivity contribution in [2.75, 3.05) is 26.2 Å². The summed E-state index contributed by atoms with van der Waals surface area (Å²) in [5, 5.41) is 2.64. The highest BCUT2D eigenvalue weighted by molar-refractivity contribution is 7.90. The molecule has 2 N–H and O–H groups in total. The Hall–Kier alpha value is -0.170. The van der Waals surface area contributed by atoms with Crippen LogP contribution in [-0.4, -0.2) is 46.0 Å². The van der Waals surface area contributed by atoms with Crippen molar-refractivity contribution in [3.63, 3.8) is 0 Å².